The Morgan fingerprint density at radius 2 is 1.96 bits per heavy atom. The third-order valence-corrected chi connectivity index (χ3v) is 6.28. The van der Waals surface area contributed by atoms with Gasteiger partial charge in [0.25, 0.3) is 0 Å². The third-order valence-electron chi connectivity index (χ3n) is 4.18. The SMILES string of the molecule is CNC(=O)C(=O)NC[C@@H]1CCCN1S(=O)(=O)c1cc(C)ccc1C. The number of carbonyl (C=O) groups excluding carboxylic acids is 2. The summed E-state index contributed by atoms with van der Waals surface area (Å²) < 4.78 is 27.4. The summed E-state index contributed by atoms with van der Waals surface area (Å²) in [6, 6.07) is 4.99. The van der Waals surface area contributed by atoms with E-state index in [1.165, 1.54) is 11.4 Å². The third kappa shape index (κ3) is 3.76. The fourth-order valence-corrected chi connectivity index (χ4v) is 4.85. The number of carbonyl (C=O) groups is 2. The van der Waals surface area contributed by atoms with E-state index < -0.39 is 21.8 Å². The summed E-state index contributed by atoms with van der Waals surface area (Å²) in [5.74, 6) is -1.49. The van der Waals surface area contributed by atoms with E-state index in [2.05, 4.69) is 10.6 Å². The average molecular weight is 353 g/mol. The highest BCUT2D eigenvalue weighted by Gasteiger charge is 2.36. The minimum absolute atomic E-state index is 0.121. The lowest BCUT2D eigenvalue weighted by Gasteiger charge is -2.25. The molecule has 2 rings (SSSR count). The van der Waals surface area contributed by atoms with Gasteiger partial charge in [0.05, 0.1) is 4.90 Å². The Morgan fingerprint density at radius 3 is 2.62 bits per heavy atom. The van der Waals surface area contributed by atoms with E-state index in [0.717, 1.165) is 12.0 Å². The first-order valence-corrected chi connectivity index (χ1v) is 9.30. The summed E-state index contributed by atoms with van der Waals surface area (Å²) in [5.41, 5.74) is 1.57. The van der Waals surface area contributed by atoms with E-state index in [9.17, 15) is 18.0 Å². The van der Waals surface area contributed by atoms with Crippen LogP contribution in [0.2, 0.25) is 0 Å². The second kappa shape index (κ2) is 7.31. The Kier molecular flexibility index (Phi) is 5.61. The summed E-state index contributed by atoms with van der Waals surface area (Å²) >= 11 is 0. The van der Waals surface area contributed by atoms with Crippen LogP contribution in [0.15, 0.2) is 23.1 Å². The van der Waals surface area contributed by atoms with Gasteiger partial charge in [0, 0.05) is 26.2 Å². The molecule has 0 aromatic heterocycles. The minimum Gasteiger partial charge on any atom is -0.351 e. The highest BCUT2D eigenvalue weighted by Crippen LogP contribution is 2.28. The molecular weight excluding hydrogens is 330 g/mol. The van der Waals surface area contributed by atoms with Gasteiger partial charge in [0.2, 0.25) is 10.0 Å². The number of rotatable bonds is 4. The summed E-state index contributed by atoms with van der Waals surface area (Å²) in [5, 5.41) is 4.74. The van der Waals surface area contributed by atoms with Crippen LogP contribution in [0.1, 0.15) is 24.0 Å². The van der Waals surface area contributed by atoms with E-state index >= 15 is 0 Å². The molecule has 7 nitrogen and oxygen atoms in total. The van der Waals surface area contributed by atoms with Crippen molar-refractivity contribution in [2.75, 3.05) is 20.1 Å². The van der Waals surface area contributed by atoms with Crippen molar-refractivity contribution < 1.29 is 18.0 Å². The van der Waals surface area contributed by atoms with Crippen LogP contribution in [0.3, 0.4) is 0 Å². The van der Waals surface area contributed by atoms with Gasteiger partial charge in [-0.15, -0.1) is 0 Å². The Hall–Kier alpha value is -1.93. The van der Waals surface area contributed by atoms with Gasteiger partial charge in [-0.05, 0) is 43.9 Å². The Balaban J connectivity index is 2.18. The van der Waals surface area contributed by atoms with Crippen molar-refractivity contribution in [3.63, 3.8) is 0 Å². The number of nitrogens with one attached hydrogen (secondary N) is 2. The fraction of sp³-hybridized carbons (Fsp3) is 0.500. The maximum atomic E-state index is 13.0. The second-order valence-electron chi connectivity index (χ2n) is 5.97. The quantitative estimate of drug-likeness (QED) is 0.762. The molecule has 132 valence electrons. The first-order chi connectivity index (χ1) is 11.3. The predicted octanol–water partition coefficient (Wildman–Crippen LogP) is 0.319. The summed E-state index contributed by atoms with van der Waals surface area (Å²) in [6.45, 7) is 4.15. The van der Waals surface area contributed by atoms with Gasteiger partial charge >= 0.3 is 11.8 Å². The van der Waals surface area contributed by atoms with Crippen molar-refractivity contribution in [1.29, 1.82) is 0 Å². The molecule has 1 aromatic rings. The monoisotopic (exact) mass is 353 g/mol. The van der Waals surface area contributed by atoms with Gasteiger partial charge in [-0.25, -0.2) is 8.42 Å². The van der Waals surface area contributed by atoms with Crippen LogP contribution in [-0.2, 0) is 19.6 Å². The molecule has 0 bridgehead atoms. The van der Waals surface area contributed by atoms with Crippen LogP contribution in [0.5, 0.6) is 0 Å². The van der Waals surface area contributed by atoms with Gasteiger partial charge in [-0.1, -0.05) is 12.1 Å². The van der Waals surface area contributed by atoms with Crippen molar-refractivity contribution in [1.82, 2.24) is 14.9 Å². The average Bonchev–Trinajstić information content (AvgIpc) is 3.03. The molecule has 0 radical (unpaired) electrons. The maximum Gasteiger partial charge on any atom is 0.309 e. The summed E-state index contributed by atoms with van der Waals surface area (Å²) in [6.07, 6.45) is 1.38. The maximum absolute atomic E-state index is 13.0. The zero-order valence-corrected chi connectivity index (χ0v) is 14.9. The first kappa shape index (κ1) is 18.4. The summed E-state index contributed by atoms with van der Waals surface area (Å²) in [7, 11) is -2.26. The molecule has 0 aliphatic carbocycles. The number of amides is 2. The molecule has 2 N–H and O–H groups in total. The lowest BCUT2D eigenvalue weighted by Crippen LogP contribution is -2.46. The van der Waals surface area contributed by atoms with E-state index in [1.807, 2.05) is 13.0 Å². The van der Waals surface area contributed by atoms with Crippen LogP contribution in [0, 0.1) is 13.8 Å². The van der Waals surface area contributed by atoms with E-state index in [-0.39, 0.29) is 12.6 Å². The molecule has 1 aliphatic rings. The molecule has 1 heterocycles. The zero-order chi connectivity index (χ0) is 17.9. The second-order valence-corrected chi connectivity index (χ2v) is 7.83. The van der Waals surface area contributed by atoms with Crippen LogP contribution >= 0.6 is 0 Å². The Labute approximate surface area is 142 Å². The van der Waals surface area contributed by atoms with E-state index in [1.54, 1.807) is 19.1 Å². The van der Waals surface area contributed by atoms with Crippen LogP contribution in [0.25, 0.3) is 0 Å². The highest BCUT2D eigenvalue weighted by atomic mass is 32.2. The topological polar surface area (TPSA) is 95.6 Å². The Bertz CT molecular complexity index is 746. The number of likely N-dealkylation sites (N-methyl/N-ethyl adjacent to an activating group) is 1. The Morgan fingerprint density at radius 1 is 1.25 bits per heavy atom. The van der Waals surface area contributed by atoms with Crippen LogP contribution in [0.4, 0.5) is 0 Å². The number of nitrogens with zero attached hydrogens (tertiary/aromatic N) is 1. The molecule has 24 heavy (non-hydrogen) atoms. The normalized spacial score (nSPS) is 18.4. The van der Waals surface area contributed by atoms with Crippen LogP contribution in [-0.4, -0.2) is 50.7 Å². The van der Waals surface area contributed by atoms with Crippen molar-refractivity contribution >= 4 is 21.8 Å². The molecule has 1 aromatic carbocycles. The predicted molar refractivity (Wildman–Crippen MR) is 89.9 cm³/mol. The number of hydrogen-bond acceptors (Lipinski definition) is 4. The highest BCUT2D eigenvalue weighted by molar-refractivity contribution is 7.89. The molecule has 0 saturated carbocycles. The van der Waals surface area contributed by atoms with Crippen molar-refractivity contribution in [2.24, 2.45) is 0 Å². The van der Waals surface area contributed by atoms with Crippen molar-refractivity contribution in [2.45, 2.75) is 37.6 Å². The zero-order valence-electron chi connectivity index (χ0n) is 14.1. The van der Waals surface area contributed by atoms with Crippen LogP contribution < -0.4 is 10.6 Å². The van der Waals surface area contributed by atoms with Crippen molar-refractivity contribution in [3.05, 3.63) is 29.3 Å². The number of aryl methyl sites for hydroxylation is 2. The van der Waals surface area contributed by atoms with Gasteiger partial charge in [0.15, 0.2) is 0 Å². The largest absolute Gasteiger partial charge is 0.351 e. The summed E-state index contributed by atoms with van der Waals surface area (Å²) in [4.78, 5) is 23.1. The lowest BCUT2D eigenvalue weighted by atomic mass is 10.2. The van der Waals surface area contributed by atoms with Gasteiger partial charge in [-0.2, -0.15) is 4.31 Å². The molecule has 1 aliphatic heterocycles. The van der Waals surface area contributed by atoms with E-state index in [0.29, 0.717) is 23.4 Å². The lowest BCUT2D eigenvalue weighted by molar-refractivity contribution is -0.138. The number of benzene rings is 1. The van der Waals surface area contributed by atoms with Gasteiger partial charge in [-0.3, -0.25) is 9.59 Å². The molecule has 1 fully saturated rings. The first-order valence-electron chi connectivity index (χ1n) is 7.86. The molecule has 1 atom stereocenters. The molecular formula is C16H23N3O4S. The molecule has 1 saturated heterocycles. The molecule has 2 amide bonds. The van der Waals surface area contributed by atoms with Crippen molar-refractivity contribution in [3.8, 4) is 0 Å². The number of sulfonamides is 1. The standard InChI is InChI=1S/C16H23N3O4S/c1-11-6-7-12(2)14(9-11)24(22,23)19-8-4-5-13(19)10-18-16(21)15(20)17-3/h6-7,9,13H,4-5,8,10H2,1-3H3,(H,17,20)(H,18,21)/t13-/m0/s1. The molecule has 0 unspecified atom stereocenters. The molecule has 0 spiro atoms. The minimum atomic E-state index is -3.63. The smallest absolute Gasteiger partial charge is 0.309 e. The van der Waals surface area contributed by atoms with E-state index in [4.69, 9.17) is 0 Å². The number of hydrogen-bond donors (Lipinski definition) is 2. The van der Waals surface area contributed by atoms with Gasteiger partial charge in [0.1, 0.15) is 0 Å². The fourth-order valence-electron chi connectivity index (χ4n) is 2.85. The molecule has 8 heteroatoms. The van der Waals surface area contributed by atoms with Gasteiger partial charge < -0.3 is 10.6 Å².